The molecule has 0 radical (unpaired) electrons. The van der Waals surface area contributed by atoms with Crippen molar-refractivity contribution in [3.63, 3.8) is 0 Å². The molecule has 1 atom stereocenters. The van der Waals surface area contributed by atoms with Gasteiger partial charge in [-0.2, -0.15) is 0 Å². The Morgan fingerprint density at radius 1 is 1.41 bits per heavy atom. The van der Waals surface area contributed by atoms with Gasteiger partial charge in [-0.1, -0.05) is 32.1 Å². The molecule has 8 heteroatoms. The second kappa shape index (κ2) is 6.46. The summed E-state index contributed by atoms with van der Waals surface area (Å²) in [4.78, 5) is 19.1. The SMILES string of the molecule is CC(C)(C)[Si](C)(C)OC[C@@H]1CNC(=O)N1c1nc2c3c(ccc2s1)OCC3. The van der Waals surface area contributed by atoms with Crippen LogP contribution < -0.4 is 15.0 Å². The summed E-state index contributed by atoms with van der Waals surface area (Å²) >= 11 is 1.56. The minimum Gasteiger partial charge on any atom is -0.493 e. The Morgan fingerprint density at radius 3 is 2.93 bits per heavy atom. The standard InChI is InChI=1S/C19H27N3O3SSi/c1-19(2,3)27(4,5)25-11-12-10-20-17(23)22(12)18-21-16-13-8-9-24-14(13)6-7-15(16)26-18/h6-7,12H,8-11H2,1-5H3,(H,20,23)/t12-/m0/s1. The molecule has 0 aliphatic carbocycles. The van der Waals surface area contributed by atoms with Crippen LogP contribution in [0.25, 0.3) is 10.2 Å². The number of nitrogens with zero attached hydrogens (tertiary/aromatic N) is 2. The van der Waals surface area contributed by atoms with Gasteiger partial charge in [-0.05, 0) is 30.3 Å². The molecule has 2 aromatic rings. The molecular weight excluding hydrogens is 378 g/mol. The van der Waals surface area contributed by atoms with Gasteiger partial charge in [0.2, 0.25) is 0 Å². The number of aromatic nitrogens is 1. The van der Waals surface area contributed by atoms with Crippen molar-refractivity contribution >= 4 is 41.0 Å². The van der Waals surface area contributed by atoms with Crippen LogP contribution >= 0.6 is 11.3 Å². The van der Waals surface area contributed by atoms with Crippen molar-refractivity contribution in [2.24, 2.45) is 0 Å². The van der Waals surface area contributed by atoms with Crippen molar-refractivity contribution < 1.29 is 14.0 Å². The summed E-state index contributed by atoms with van der Waals surface area (Å²) in [7, 11) is -1.87. The van der Waals surface area contributed by atoms with Crippen LogP contribution in [0.3, 0.4) is 0 Å². The Morgan fingerprint density at radius 2 is 2.19 bits per heavy atom. The van der Waals surface area contributed by atoms with E-state index in [1.165, 1.54) is 0 Å². The number of fused-ring (bicyclic) bond motifs is 3. The van der Waals surface area contributed by atoms with Crippen LogP contribution in [0, 0.1) is 0 Å². The van der Waals surface area contributed by atoms with E-state index in [9.17, 15) is 4.79 Å². The van der Waals surface area contributed by atoms with Crippen molar-refractivity contribution in [3.8, 4) is 5.75 Å². The number of urea groups is 1. The van der Waals surface area contributed by atoms with Crippen LogP contribution in [0.4, 0.5) is 9.93 Å². The number of hydrogen-bond donors (Lipinski definition) is 1. The summed E-state index contributed by atoms with van der Waals surface area (Å²) in [5.74, 6) is 0.919. The number of nitrogens with one attached hydrogen (secondary N) is 1. The van der Waals surface area contributed by atoms with Gasteiger partial charge in [0.25, 0.3) is 0 Å². The number of thiazole rings is 1. The number of benzene rings is 1. The quantitative estimate of drug-likeness (QED) is 0.776. The first-order chi connectivity index (χ1) is 12.7. The summed E-state index contributed by atoms with van der Waals surface area (Å²) in [6.07, 6.45) is 0.875. The van der Waals surface area contributed by atoms with Gasteiger partial charge in [-0.3, -0.25) is 4.90 Å². The third kappa shape index (κ3) is 3.23. The minimum absolute atomic E-state index is 0.0310. The Labute approximate surface area is 165 Å². The first-order valence-electron chi connectivity index (χ1n) is 9.43. The van der Waals surface area contributed by atoms with Gasteiger partial charge in [-0.25, -0.2) is 9.78 Å². The van der Waals surface area contributed by atoms with E-state index in [4.69, 9.17) is 14.1 Å². The number of hydrogen-bond acceptors (Lipinski definition) is 5. The third-order valence-corrected chi connectivity index (χ3v) is 11.5. The van der Waals surface area contributed by atoms with E-state index in [2.05, 4.69) is 39.2 Å². The van der Waals surface area contributed by atoms with Gasteiger partial charge in [0, 0.05) is 18.5 Å². The predicted molar refractivity (Wildman–Crippen MR) is 112 cm³/mol. The highest BCUT2D eigenvalue weighted by Crippen LogP contribution is 2.39. The van der Waals surface area contributed by atoms with Gasteiger partial charge in [0.05, 0.1) is 29.5 Å². The lowest BCUT2D eigenvalue weighted by atomic mass is 10.1. The lowest BCUT2D eigenvalue weighted by molar-refractivity contribution is 0.247. The van der Waals surface area contributed by atoms with Gasteiger partial charge >= 0.3 is 6.03 Å². The molecule has 146 valence electrons. The molecule has 3 heterocycles. The largest absolute Gasteiger partial charge is 0.493 e. The zero-order chi connectivity index (χ0) is 19.4. The molecule has 2 aliphatic rings. The number of carbonyl (C=O) groups is 1. The van der Waals surface area contributed by atoms with Gasteiger partial charge in [0.1, 0.15) is 5.75 Å². The molecule has 1 aromatic carbocycles. The molecule has 6 nitrogen and oxygen atoms in total. The van der Waals surface area contributed by atoms with E-state index >= 15 is 0 Å². The van der Waals surface area contributed by atoms with Crippen LogP contribution in [0.5, 0.6) is 5.75 Å². The molecule has 0 bridgehead atoms. The first-order valence-corrected chi connectivity index (χ1v) is 13.2. The summed E-state index contributed by atoms with van der Waals surface area (Å²) in [5.41, 5.74) is 2.12. The van der Waals surface area contributed by atoms with Crippen molar-refractivity contribution in [1.29, 1.82) is 0 Å². The molecule has 2 aliphatic heterocycles. The van der Waals surface area contributed by atoms with Crippen LogP contribution in [0.1, 0.15) is 26.3 Å². The number of anilines is 1. The summed E-state index contributed by atoms with van der Waals surface area (Å²) in [6.45, 7) is 13.0. The number of amides is 2. The smallest absolute Gasteiger partial charge is 0.324 e. The Bertz CT molecular complexity index is 890. The summed E-state index contributed by atoms with van der Waals surface area (Å²) < 4.78 is 13.1. The molecule has 0 spiro atoms. The van der Waals surface area contributed by atoms with Gasteiger partial charge in [0.15, 0.2) is 13.4 Å². The molecular formula is C19H27N3O3SSi. The lowest BCUT2D eigenvalue weighted by Gasteiger charge is -2.37. The molecule has 1 saturated heterocycles. The monoisotopic (exact) mass is 405 g/mol. The summed E-state index contributed by atoms with van der Waals surface area (Å²) in [5, 5.41) is 3.84. The highest BCUT2D eigenvalue weighted by atomic mass is 32.1. The normalized spacial score (nSPS) is 20.1. The topological polar surface area (TPSA) is 63.7 Å². The van der Waals surface area contributed by atoms with Gasteiger partial charge < -0.3 is 14.5 Å². The fraction of sp³-hybridized carbons (Fsp3) is 0.579. The van der Waals surface area contributed by atoms with Crippen molar-refractivity contribution in [2.75, 3.05) is 24.7 Å². The second-order valence-electron chi connectivity index (χ2n) is 8.77. The van der Waals surface area contributed by atoms with E-state index in [-0.39, 0.29) is 17.1 Å². The molecule has 4 rings (SSSR count). The van der Waals surface area contributed by atoms with Crippen molar-refractivity contribution in [2.45, 2.75) is 51.4 Å². The van der Waals surface area contributed by atoms with Gasteiger partial charge in [-0.15, -0.1) is 0 Å². The molecule has 27 heavy (non-hydrogen) atoms. The average Bonchev–Trinajstić information content (AvgIpc) is 3.28. The third-order valence-electron chi connectivity index (χ3n) is 5.94. The second-order valence-corrected chi connectivity index (χ2v) is 14.6. The maximum Gasteiger partial charge on any atom is 0.324 e. The average molecular weight is 406 g/mol. The highest BCUT2D eigenvalue weighted by molar-refractivity contribution is 7.22. The zero-order valence-electron chi connectivity index (χ0n) is 16.6. The molecule has 2 amide bonds. The van der Waals surface area contributed by atoms with E-state index in [0.29, 0.717) is 19.8 Å². The first kappa shape index (κ1) is 18.7. The Balaban J connectivity index is 1.60. The number of ether oxygens (including phenoxy) is 1. The Kier molecular flexibility index (Phi) is 4.48. The van der Waals surface area contributed by atoms with Crippen molar-refractivity contribution in [3.05, 3.63) is 17.7 Å². The van der Waals surface area contributed by atoms with E-state index in [0.717, 1.165) is 33.1 Å². The van der Waals surface area contributed by atoms with Crippen molar-refractivity contribution in [1.82, 2.24) is 10.3 Å². The maximum atomic E-state index is 12.5. The predicted octanol–water partition coefficient (Wildman–Crippen LogP) is 4.15. The van der Waals surface area contributed by atoms with Crippen LogP contribution in [0.2, 0.25) is 18.1 Å². The number of carbonyl (C=O) groups excluding carboxylic acids is 1. The van der Waals surface area contributed by atoms with E-state index in [1.54, 1.807) is 16.2 Å². The number of rotatable bonds is 4. The van der Waals surface area contributed by atoms with Crippen LogP contribution in [-0.2, 0) is 10.8 Å². The zero-order valence-corrected chi connectivity index (χ0v) is 18.4. The highest BCUT2D eigenvalue weighted by Gasteiger charge is 2.40. The lowest BCUT2D eigenvalue weighted by Crippen LogP contribution is -2.46. The molecule has 1 N–H and O–H groups in total. The van der Waals surface area contributed by atoms with E-state index in [1.807, 2.05) is 12.1 Å². The molecule has 1 fully saturated rings. The Hall–Kier alpha value is -1.64. The fourth-order valence-electron chi connectivity index (χ4n) is 3.21. The van der Waals surface area contributed by atoms with Crippen LogP contribution in [-0.4, -0.2) is 45.1 Å². The van der Waals surface area contributed by atoms with E-state index < -0.39 is 8.32 Å². The fourth-order valence-corrected chi connectivity index (χ4v) is 5.31. The molecule has 0 saturated carbocycles. The molecule has 0 unspecified atom stereocenters. The summed E-state index contributed by atoms with van der Waals surface area (Å²) in [6, 6.07) is 3.92. The van der Waals surface area contributed by atoms with Crippen LogP contribution in [0.15, 0.2) is 12.1 Å². The maximum absolute atomic E-state index is 12.5. The minimum atomic E-state index is -1.87. The molecule has 1 aromatic heterocycles.